The van der Waals surface area contributed by atoms with Gasteiger partial charge in [-0.25, -0.2) is 4.79 Å². The van der Waals surface area contributed by atoms with Crippen LogP contribution in [0.25, 0.3) is 0 Å². The largest absolute Gasteiger partial charge is 0.423 e. The van der Waals surface area contributed by atoms with Gasteiger partial charge in [-0.05, 0) is 37.3 Å². The molecule has 0 radical (unpaired) electrons. The van der Waals surface area contributed by atoms with Crippen LogP contribution in [0.5, 0.6) is 0 Å². The number of likely N-dealkylation sites (tertiary alicyclic amines) is 1. The van der Waals surface area contributed by atoms with Gasteiger partial charge in [0.05, 0.1) is 0 Å². The minimum absolute atomic E-state index is 0.326. The monoisotopic (exact) mass is 229 g/mol. The van der Waals surface area contributed by atoms with E-state index in [0.717, 1.165) is 31.5 Å². The molecule has 1 aliphatic rings. The van der Waals surface area contributed by atoms with Crippen LogP contribution in [0.1, 0.15) is 24.8 Å². The summed E-state index contributed by atoms with van der Waals surface area (Å²) >= 11 is 0. The molecule has 1 aromatic carbocycles. The quantitative estimate of drug-likeness (QED) is 0.640. The first-order valence-electron chi connectivity index (χ1n) is 5.88. The number of hydrogen-bond donors (Lipinski definition) is 0. The van der Waals surface area contributed by atoms with E-state index in [1.165, 1.54) is 6.42 Å². The van der Waals surface area contributed by atoms with Crippen LogP contribution in [0.4, 0.5) is 4.79 Å². The third-order valence-corrected chi connectivity index (χ3v) is 2.72. The van der Waals surface area contributed by atoms with E-state index in [9.17, 15) is 4.79 Å². The Balaban J connectivity index is 1.85. The Bertz CT molecular complexity index is 425. The average molecular weight is 229 g/mol. The van der Waals surface area contributed by atoms with E-state index in [0.29, 0.717) is 0 Å². The molecule has 0 aromatic heterocycles. The Hall–Kier alpha value is -1.95. The normalized spacial score (nSPS) is 14.7. The van der Waals surface area contributed by atoms with Crippen LogP contribution in [0, 0.1) is 12.0 Å². The lowest BCUT2D eigenvalue weighted by molar-refractivity contribution is 0.134. The van der Waals surface area contributed by atoms with E-state index in [-0.39, 0.29) is 6.09 Å². The van der Waals surface area contributed by atoms with E-state index in [2.05, 4.69) is 12.0 Å². The zero-order valence-electron chi connectivity index (χ0n) is 9.69. The van der Waals surface area contributed by atoms with Crippen molar-refractivity contribution in [1.82, 2.24) is 4.90 Å². The molecule has 0 atom stereocenters. The second-order valence-electron chi connectivity index (χ2n) is 4.01. The summed E-state index contributed by atoms with van der Waals surface area (Å²) in [5.74, 6) is 2.79. The molecule has 1 heterocycles. The van der Waals surface area contributed by atoms with Crippen molar-refractivity contribution in [2.75, 3.05) is 13.1 Å². The molecule has 1 fully saturated rings. The highest BCUT2D eigenvalue weighted by Gasteiger charge is 2.16. The molecule has 88 valence electrons. The van der Waals surface area contributed by atoms with Gasteiger partial charge in [0.25, 0.3) is 0 Å². The number of ether oxygens (including phenoxy) is 1. The summed E-state index contributed by atoms with van der Waals surface area (Å²) in [5, 5.41) is 0. The first-order valence-corrected chi connectivity index (χ1v) is 5.88. The molecule has 1 saturated heterocycles. The highest BCUT2D eigenvalue weighted by molar-refractivity contribution is 5.69. The predicted molar refractivity (Wildman–Crippen MR) is 65.2 cm³/mol. The fourth-order valence-corrected chi connectivity index (χ4v) is 1.79. The Morgan fingerprint density at radius 3 is 2.53 bits per heavy atom. The van der Waals surface area contributed by atoms with Crippen LogP contribution in [0.2, 0.25) is 0 Å². The van der Waals surface area contributed by atoms with E-state index in [1.54, 1.807) is 4.90 Å². The average Bonchev–Trinajstić information content (AvgIpc) is 2.41. The van der Waals surface area contributed by atoms with Gasteiger partial charge in [-0.1, -0.05) is 18.2 Å². The van der Waals surface area contributed by atoms with Gasteiger partial charge in [-0.2, -0.15) is 0 Å². The van der Waals surface area contributed by atoms with Crippen molar-refractivity contribution in [3.05, 3.63) is 35.9 Å². The third kappa shape index (κ3) is 3.53. The molecule has 1 aromatic rings. The van der Waals surface area contributed by atoms with Crippen LogP contribution in [-0.2, 0) is 4.74 Å². The number of rotatable bonds is 0. The van der Waals surface area contributed by atoms with Gasteiger partial charge >= 0.3 is 6.09 Å². The summed E-state index contributed by atoms with van der Waals surface area (Å²) < 4.78 is 4.91. The zero-order chi connectivity index (χ0) is 11.9. The molecule has 3 nitrogen and oxygen atoms in total. The Kier molecular flexibility index (Phi) is 4.04. The van der Waals surface area contributed by atoms with Crippen LogP contribution in [-0.4, -0.2) is 24.1 Å². The number of benzene rings is 1. The van der Waals surface area contributed by atoms with Gasteiger partial charge in [0.2, 0.25) is 0 Å². The number of hydrogen-bond acceptors (Lipinski definition) is 2. The molecule has 0 bridgehead atoms. The number of piperidine rings is 1. The summed E-state index contributed by atoms with van der Waals surface area (Å²) in [4.78, 5) is 13.3. The fourth-order valence-electron chi connectivity index (χ4n) is 1.79. The minimum Gasteiger partial charge on any atom is -0.355 e. The first-order chi connectivity index (χ1) is 8.36. The molecule has 0 aliphatic carbocycles. The smallest absolute Gasteiger partial charge is 0.355 e. The summed E-state index contributed by atoms with van der Waals surface area (Å²) in [6, 6.07) is 9.47. The number of carbonyl (C=O) groups excluding carboxylic acids is 1. The molecule has 0 unspecified atom stereocenters. The van der Waals surface area contributed by atoms with E-state index in [1.807, 2.05) is 30.3 Å². The van der Waals surface area contributed by atoms with Crippen molar-refractivity contribution in [1.29, 1.82) is 0 Å². The molecule has 1 amide bonds. The Morgan fingerprint density at radius 1 is 1.12 bits per heavy atom. The predicted octanol–water partition coefficient (Wildman–Crippen LogP) is 2.62. The molecule has 2 rings (SSSR count). The minimum atomic E-state index is -0.326. The molecular weight excluding hydrogens is 214 g/mol. The standard InChI is InChI=1S/C14H15NO2/c16-14(15-10-5-2-6-11-15)17-12-9-13-7-3-1-4-8-13/h1,3-4,7-8H,2,5-6,10-11H2. The fraction of sp³-hybridized carbons (Fsp3) is 0.357. The van der Waals surface area contributed by atoms with Crippen molar-refractivity contribution < 1.29 is 9.53 Å². The molecule has 17 heavy (non-hydrogen) atoms. The lowest BCUT2D eigenvalue weighted by Gasteiger charge is -2.24. The highest BCUT2D eigenvalue weighted by Crippen LogP contribution is 2.09. The summed E-state index contributed by atoms with van der Waals surface area (Å²) in [6.07, 6.45) is 5.44. The van der Waals surface area contributed by atoms with E-state index >= 15 is 0 Å². The van der Waals surface area contributed by atoms with Gasteiger partial charge < -0.3 is 9.64 Å². The van der Waals surface area contributed by atoms with Gasteiger partial charge in [0, 0.05) is 18.7 Å². The maximum Gasteiger partial charge on any atom is 0.423 e. The molecule has 3 heteroatoms. The topological polar surface area (TPSA) is 29.5 Å². The van der Waals surface area contributed by atoms with Gasteiger partial charge in [-0.15, -0.1) is 0 Å². The third-order valence-electron chi connectivity index (χ3n) is 2.72. The van der Waals surface area contributed by atoms with Gasteiger partial charge in [0.1, 0.15) is 6.11 Å². The maximum absolute atomic E-state index is 11.6. The maximum atomic E-state index is 11.6. The summed E-state index contributed by atoms with van der Waals surface area (Å²) in [6.45, 7) is 1.57. The summed E-state index contributed by atoms with van der Waals surface area (Å²) in [7, 11) is 0. The Morgan fingerprint density at radius 2 is 1.82 bits per heavy atom. The number of carbonyl (C=O) groups is 1. The van der Waals surface area contributed by atoms with Crippen molar-refractivity contribution in [2.24, 2.45) is 0 Å². The highest BCUT2D eigenvalue weighted by atomic mass is 16.5. The van der Waals surface area contributed by atoms with Gasteiger partial charge in [0.15, 0.2) is 0 Å². The lowest BCUT2D eigenvalue weighted by atomic mass is 10.1. The summed E-state index contributed by atoms with van der Waals surface area (Å²) in [5.41, 5.74) is 0.846. The lowest BCUT2D eigenvalue weighted by Crippen LogP contribution is -2.35. The van der Waals surface area contributed by atoms with Gasteiger partial charge in [-0.3, -0.25) is 0 Å². The number of amides is 1. The SMILES string of the molecule is O=C(OC#Cc1ccccc1)N1CCCCC1. The van der Waals surface area contributed by atoms with Crippen molar-refractivity contribution in [2.45, 2.75) is 19.3 Å². The second-order valence-corrected chi connectivity index (χ2v) is 4.01. The second kappa shape index (κ2) is 5.95. The Labute approximate surface area is 101 Å². The molecular formula is C14H15NO2. The van der Waals surface area contributed by atoms with E-state index in [4.69, 9.17) is 4.74 Å². The molecule has 0 spiro atoms. The van der Waals surface area contributed by atoms with E-state index < -0.39 is 0 Å². The zero-order valence-corrected chi connectivity index (χ0v) is 9.69. The van der Waals surface area contributed by atoms with Crippen LogP contribution >= 0.6 is 0 Å². The molecule has 0 saturated carbocycles. The van der Waals surface area contributed by atoms with Crippen LogP contribution < -0.4 is 0 Å². The van der Waals surface area contributed by atoms with Crippen molar-refractivity contribution in [3.63, 3.8) is 0 Å². The van der Waals surface area contributed by atoms with Crippen LogP contribution in [0.15, 0.2) is 30.3 Å². The van der Waals surface area contributed by atoms with Crippen LogP contribution in [0.3, 0.4) is 0 Å². The van der Waals surface area contributed by atoms with Crippen molar-refractivity contribution in [3.8, 4) is 12.0 Å². The molecule has 1 aliphatic heterocycles. The van der Waals surface area contributed by atoms with Crippen molar-refractivity contribution >= 4 is 6.09 Å². The molecule has 0 N–H and O–H groups in total. The number of nitrogens with zero attached hydrogens (tertiary/aromatic N) is 1. The first kappa shape index (κ1) is 11.5.